The molecule has 1 aromatic rings. The van der Waals surface area contributed by atoms with E-state index in [2.05, 4.69) is 18.8 Å². The molecule has 0 aromatic carbocycles. The number of aromatic nitrogens is 1. The summed E-state index contributed by atoms with van der Waals surface area (Å²) in [5, 5.41) is 10.6. The van der Waals surface area contributed by atoms with Gasteiger partial charge in [0.25, 0.3) is 0 Å². The van der Waals surface area contributed by atoms with E-state index in [0.29, 0.717) is 16.2 Å². The molecule has 0 aliphatic heterocycles. The van der Waals surface area contributed by atoms with E-state index in [4.69, 9.17) is 0 Å². The van der Waals surface area contributed by atoms with Crippen LogP contribution in [0.4, 0.5) is 0 Å². The minimum absolute atomic E-state index is 0.287. The molecule has 5 rings (SSSR count). The molecule has 0 amide bonds. The summed E-state index contributed by atoms with van der Waals surface area (Å²) < 4.78 is 0. The number of rotatable bonds is 3. The van der Waals surface area contributed by atoms with Crippen molar-refractivity contribution < 1.29 is 5.11 Å². The Hall–Kier alpha value is -0.760. The molecular formula is C18H27NO. The summed E-state index contributed by atoms with van der Waals surface area (Å²) in [6, 6.07) is 2.02. The maximum atomic E-state index is 10.6. The molecule has 110 valence electrons. The highest BCUT2D eigenvalue weighted by Gasteiger charge is 2.60. The fourth-order valence-corrected chi connectivity index (χ4v) is 6.98. The predicted octanol–water partition coefficient (Wildman–Crippen LogP) is 4.43. The van der Waals surface area contributed by atoms with E-state index >= 15 is 0 Å². The smallest absolute Gasteiger partial charge is 0.0809 e. The van der Waals surface area contributed by atoms with Crippen molar-refractivity contribution in [2.75, 3.05) is 0 Å². The number of hydrogen-bond acceptors (Lipinski definition) is 1. The van der Waals surface area contributed by atoms with Crippen LogP contribution in [0.3, 0.4) is 0 Å². The van der Waals surface area contributed by atoms with Gasteiger partial charge < -0.3 is 10.1 Å². The van der Waals surface area contributed by atoms with Gasteiger partial charge in [-0.05, 0) is 78.7 Å². The lowest BCUT2D eigenvalue weighted by Crippen LogP contribution is -2.55. The minimum Gasteiger partial charge on any atom is -0.388 e. The second-order valence-electron chi connectivity index (χ2n) is 8.99. The number of aliphatic hydroxyl groups is 1. The summed E-state index contributed by atoms with van der Waals surface area (Å²) in [6.45, 7) is 5.01. The van der Waals surface area contributed by atoms with E-state index in [9.17, 15) is 5.11 Å². The van der Waals surface area contributed by atoms with Crippen molar-refractivity contribution in [3.8, 4) is 0 Å². The fourth-order valence-electron chi connectivity index (χ4n) is 6.98. The lowest BCUT2D eigenvalue weighted by Gasteiger charge is -2.66. The maximum Gasteiger partial charge on any atom is 0.0809 e. The highest BCUT2D eigenvalue weighted by molar-refractivity contribution is 5.16. The average molecular weight is 273 g/mol. The molecule has 4 aliphatic rings. The molecule has 3 atom stereocenters. The van der Waals surface area contributed by atoms with Gasteiger partial charge in [0.1, 0.15) is 0 Å². The largest absolute Gasteiger partial charge is 0.388 e. The predicted molar refractivity (Wildman–Crippen MR) is 80.2 cm³/mol. The molecular weight excluding hydrogens is 246 g/mol. The molecule has 0 saturated heterocycles. The molecule has 4 bridgehead atoms. The Labute approximate surface area is 122 Å². The number of nitrogens with one attached hydrogen (secondary N) is 1. The van der Waals surface area contributed by atoms with Gasteiger partial charge in [-0.3, -0.25) is 0 Å². The third kappa shape index (κ3) is 1.95. The van der Waals surface area contributed by atoms with E-state index in [1.54, 1.807) is 0 Å². The molecule has 1 aromatic heterocycles. The first-order valence-corrected chi connectivity index (χ1v) is 8.20. The molecule has 20 heavy (non-hydrogen) atoms. The maximum absolute atomic E-state index is 10.6. The van der Waals surface area contributed by atoms with Crippen molar-refractivity contribution in [2.24, 2.45) is 22.2 Å². The second-order valence-corrected chi connectivity index (χ2v) is 8.99. The first-order chi connectivity index (χ1) is 9.40. The van der Waals surface area contributed by atoms with Crippen molar-refractivity contribution in [3.05, 3.63) is 24.0 Å². The van der Waals surface area contributed by atoms with Crippen LogP contribution in [0.2, 0.25) is 0 Å². The van der Waals surface area contributed by atoms with Crippen LogP contribution in [0.15, 0.2) is 18.5 Å². The van der Waals surface area contributed by atoms with Crippen molar-refractivity contribution in [1.29, 1.82) is 0 Å². The Bertz CT molecular complexity index is 487. The summed E-state index contributed by atoms with van der Waals surface area (Å²) in [5.41, 5.74) is 2.56. The quantitative estimate of drug-likeness (QED) is 0.839. The third-order valence-electron chi connectivity index (χ3n) is 6.37. The Morgan fingerprint density at radius 1 is 1.20 bits per heavy atom. The first-order valence-electron chi connectivity index (χ1n) is 8.20. The standard InChI is InChI=1S/C18H27NO/c1-16-5-13-6-17(2,10-16)12-18(7-13,11-16)8-15(20)14-3-4-19-9-14/h3-4,9,13,15,19-20H,5-8,10-12H2,1-2H3. The zero-order valence-electron chi connectivity index (χ0n) is 12.8. The highest BCUT2D eigenvalue weighted by atomic mass is 16.3. The molecule has 1 heterocycles. The van der Waals surface area contributed by atoms with Gasteiger partial charge in [-0.2, -0.15) is 0 Å². The topological polar surface area (TPSA) is 36.0 Å². The monoisotopic (exact) mass is 273 g/mol. The fraction of sp³-hybridized carbons (Fsp3) is 0.778. The van der Waals surface area contributed by atoms with Crippen LogP contribution < -0.4 is 0 Å². The van der Waals surface area contributed by atoms with Gasteiger partial charge in [-0.25, -0.2) is 0 Å². The van der Waals surface area contributed by atoms with E-state index in [1.165, 1.54) is 38.5 Å². The Balaban J connectivity index is 1.61. The average Bonchev–Trinajstić information content (AvgIpc) is 2.75. The zero-order valence-corrected chi connectivity index (χ0v) is 12.8. The summed E-state index contributed by atoms with van der Waals surface area (Å²) >= 11 is 0. The van der Waals surface area contributed by atoms with E-state index < -0.39 is 0 Å². The molecule has 3 unspecified atom stereocenters. The van der Waals surface area contributed by atoms with Crippen molar-refractivity contribution in [3.63, 3.8) is 0 Å². The Morgan fingerprint density at radius 3 is 2.45 bits per heavy atom. The van der Waals surface area contributed by atoms with Crippen molar-refractivity contribution in [1.82, 2.24) is 4.98 Å². The molecule has 2 heteroatoms. The van der Waals surface area contributed by atoms with Gasteiger partial charge in [0.15, 0.2) is 0 Å². The molecule has 4 aliphatic carbocycles. The van der Waals surface area contributed by atoms with Crippen molar-refractivity contribution >= 4 is 0 Å². The van der Waals surface area contributed by atoms with Crippen molar-refractivity contribution in [2.45, 2.75) is 64.9 Å². The van der Waals surface area contributed by atoms with Crippen LogP contribution >= 0.6 is 0 Å². The van der Waals surface area contributed by atoms with Gasteiger partial charge in [0, 0.05) is 12.4 Å². The van der Waals surface area contributed by atoms with Gasteiger partial charge in [-0.1, -0.05) is 13.8 Å². The first kappa shape index (κ1) is 12.9. The highest BCUT2D eigenvalue weighted by Crippen LogP contribution is 2.71. The van der Waals surface area contributed by atoms with Crippen LogP contribution in [0.25, 0.3) is 0 Å². The molecule has 4 saturated carbocycles. The zero-order chi connectivity index (χ0) is 14.0. The van der Waals surface area contributed by atoms with Gasteiger partial charge in [-0.15, -0.1) is 0 Å². The Morgan fingerprint density at radius 2 is 1.90 bits per heavy atom. The van der Waals surface area contributed by atoms with Gasteiger partial charge in [0.2, 0.25) is 0 Å². The van der Waals surface area contributed by atoms with Crippen LogP contribution in [0, 0.1) is 22.2 Å². The summed E-state index contributed by atoms with van der Waals surface area (Å²) in [6.07, 6.45) is 12.9. The molecule has 0 radical (unpaired) electrons. The minimum atomic E-state index is -0.287. The number of hydrogen-bond donors (Lipinski definition) is 2. The van der Waals surface area contributed by atoms with Crippen LogP contribution in [0.1, 0.15) is 70.5 Å². The summed E-state index contributed by atoms with van der Waals surface area (Å²) in [5.74, 6) is 0.916. The van der Waals surface area contributed by atoms with Crippen LogP contribution in [-0.2, 0) is 0 Å². The second kappa shape index (κ2) is 3.91. The summed E-state index contributed by atoms with van der Waals surface area (Å²) in [4.78, 5) is 3.07. The summed E-state index contributed by atoms with van der Waals surface area (Å²) in [7, 11) is 0. The Kier molecular flexibility index (Phi) is 2.53. The van der Waals surface area contributed by atoms with E-state index in [1.807, 2.05) is 18.5 Å². The van der Waals surface area contributed by atoms with E-state index in [0.717, 1.165) is 17.9 Å². The number of aliphatic hydroxyl groups excluding tert-OH is 1. The van der Waals surface area contributed by atoms with E-state index in [-0.39, 0.29) is 6.10 Å². The molecule has 2 nitrogen and oxygen atoms in total. The number of H-pyrrole nitrogens is 1. The molecule has 2 N–H and O–H groups in total. The third-order valence-corrected chi connectivity index (χ3v) is 6.37. The molecule has 4 fully saturated rings. The van der Waals surface area contributed by atoms with Gasteiger partial charge >= 0.3 is 0 Å². The van der Waals surface area contributed by atoms with Gasteiger partial charge in [0.05, 0.1) is 6.10 Å². The lowest BCUT2D eigenvalue weighted by atomic mass is 9.39. The normalized spacial score (nSPS) is 47.6. The lowest BCUT2D eigenvalue weighted by molar-refractivity contribution is -0.157. The number of aromatic amines is 1. The molecule has 0 spiro atoms. The van der Waals surface area contributed by atoms with Crippen LogP contribution in [-0.4, -0.2) is 10.1 Å². The van der Waals surface area contributed by atoms with Crippen LogP contribution in [0.5, 0.6) is 0 Å². The SMILES string of the molecule is CC12CC3CC(C)(C1)CC(CC(O)c1cc[nH]c1)(C3)C2.